The zero-order chi connectivity index (χ0) is 11.8. The third kappa shape index (κ3) is 2.39. The molecule has 0 unspecified atom stereocenters. The van der Waals surface area contributed by atoms with Gasteiger partial charge in [0.25, 0.3) is 5.91 Å². The van der Waals surface area contributed by atoms with Crippen LogP contribution in [0.3, 0.4) is 0 Å². The average Bonchev–Trinajstić information content (AvgIpc) is 2.60. The van der Waals surface area contributed by atoms with E-state index in [0.29, 0.717) is 18.1 Å². The van der Waals surface area contributed by atoms with Crippen molar-refractivity contribution in [3.8, 4) is 0 Å². The molecule has 1 N–H and O–H groups in total. The summed E-state index contributed by atoms with van der Waals surface area (Å²) in [5, 5.41) is 4.85. The van der Waals surface area contributed by atoms with Gasteiger partial charge in [-0.3, -0.25) is 4.79 Å². The summed E-state index contributed by atoms with van der Waals surface area (Å²) < 4.78 is 23.5. The van der Waals surface area contributed by atoms with Crippen molar-refractivity contribution in [3.63, 3.8) is 0 Å². The lowest BCUT2D eigenvalue weighted by Crippen LogP contribution is -2.60. The van der Waals surface area contributed by atoms with Gasteiger partial charge in [0.2, 0.25) is 10.0 Å². The molecule has 1 aromatic heterocycles. The monoisotopic (exact) mass is 261 g/mol. The summed E-state index contributed by atoms with van der Waals surface area (Å²) in [6, 6.07) is -0.105. The highest BCUT2D eigenvalue weighted by Gasteiger charge is 2.34. The Balaban J connectivity index is 1.85. The van der Waals surface area contributed by atoms with Crippen LogP contribution in [0.25, 0.3) is 0 Å². The molecule has 0 aromatic carbocycles. The zero-order valence-corrected chi connectivity index (χ0v) is 10.2. The predicted octanol–water partition coefficient (Wildman–Crippen LogP) is -0.483. The second-order valence-corrected chi connectivity index (χ2v) is 6.46. The van der Waals surface area contributed by atoms with E-state index in [1.165, 1.54) is 15.6 Å². The summed E-state index contributed by atoms with van der Waals surface area (Å²) in [5.41, 5.74) is 0. The minimum atomic E-state index is -3.12. The molecule has 1 aromatic rings. The summed E-state index contributed by atoms with van der Waals surface area (Å²) in [6.07, 6.45) is 2.72. The van der Waals surface area contributed by atoms with E-state index < -0.39 is 10.0 Å². The lowest BCUT2D eigenvalue weighted by molar-refractivity contribution is 0.0895. The van der Waals surface area contributed by atoms with Gasteiger partial charge in [0, 0.05) is 24.7 Å². The van der Waals surface area contributed by atoms with Crippen molar-refractivity contribution >= 4 is 27.3 Å². The first-order valence-electron chi connectivity index (χ1n) is 4.62. The first-order valence-corrected chi connectivity index (χ1v) is 7.35. The minimum Gasteiger partial charge on any atom is -0.345 e. The summed E-state index contributed by atoms with van der Waals surface area (Å²) in [4.78, 5) is 15.4. The number of nitrogens with zero attached hydrogens (tertiary/aromatic N) is 2. The number of hydrogen-bond donors (Lipinski definition) is 1. The fourth-order valence-electron chi connectivity index (χ4n) is 1.38. The smallest absolute Gasteiger partial charge is 0.280 e. The van der Waals surface area contributed by atoms with E-state index in [1.54, 1.807) is 11.6 Å². The molecule has 0 spiro atoms. The van der Waals surface area contributed by atoms with Crippen molar-refractivity contribution in [2.75, 3.05) is 19.3 Å². The predicted molar refractivity (Wildman–Crippen MR) is 59.8 cm³/mol. The van der Waals surface area contributed by atoms with Crippen LogP contribution in [0, 0.1) is 0 Å². The molecule has 88 valence electrons. The van der Waals surface area contributed by atoms with Gasteiger partial charge in [-0.1, -0.05) is 0 Å². The number of carbonyl (C=O) groups excluding carboxylic acids is 1. The van der Waals surface area contributed by atoms with Crippen LogP contribution in [0.1, 0.15) is 9.80 Å². The van der Waals surface area contributed by atoms with Gasteiger partial charge in [0.05, 0.1) is 12.3 Å². The van der Waals surface area contributed by atoms with Gasteiger partial charge in [0.15, 0.2) is 5.01 Å². The number of sulfonamides is 1. The van der Waals surface area contributed by atoms with Crippen molar-refractivity contribution < 1.29 is 13.2 Å². The molecule has 1 amide bonds. The Hall–Kier alpha value is -0.990. The Bertz CT molecular complexity index is 477. The highest BCUT2D eigenvalue weighted by Crippen LogP contribution is 2.13. The molecule has 8 heteroatoms. The average molecular weight is 261 g/mol. The molecular weight excluding hydrogens is 250 g/mol. The molecule has 0 atom stereocenters. The molecule has 2 rings (SSSR count). The number of aromatic nitrogens is 1. The lowest BCUT2D eigenvalue weighted by atomic mass is 10.2. The van der Waals surface area contributed by atoms with Crippen LogP contribution >= 0.6 is 11.3 Å². The first-order chi connectivity index (χ1) is 7.47. The van der Waals surface area contributed by atoms with Gasteiger partial charge in [0.1, 0.15) is 0 Å². The maximum Gasteiger partial charge on any atom is 0.280 e. The van der Waals surface area contributed by atoms with Gasteiger partial charge in [-0.25, -0.2) is 13.4 Å². The molecule has 16 heavy (non-hydrogen) atoms. The van der Waals surface area contributed by atoms with Crippen molar-refractivity contribution in [2.45, 2.75) is 6.04 Å². The van der Waals surface area contributed by atoms with Gasteiger partial charge >= 0.3 is 0 Å². The molecular formula is C8H11N3O3S2. The first kappa shape index (κ1) is 11.5. The minimum absolute atomic E-state index is 0.105. The van der Waals surface area contributed by atoms with E-state index >= 15 is 0 Å². The molecule has 0 radical (unpaired) electrons. The van der Waals surface area contributed by atoms with E-state index in [-0.39, 0.29) is 11.9 Å². The molecule has 1 aliphatic rings. The van der Waals surface area contributed by atoms with E-state index in [2.05, 4.69) is 10.3 Å². The molecule has 2 heterocycles. The highest BCUT2D eigenvalue weighted by molar-refractivity contribution is 7.88. The van der Waals surface area contributed by atoms with E-state index in [4.69, 9.17) is 0 Å². The maximum absolute atomic E-state index is 11.5. The molecule has 1 fully saturated rings. The number of amides is 1. The normalized spacial score (nSPS) is 18.1. The maximum atomic E-state index is 11.5. The number of nitrogens with one attached hydrogen (secondary N) is 1. The summed E-state index contributed by atoms with van der Waals surface area (Å²) in [5.74, 6) is -0.242. The molecule has 0 bridgehead atoms. The van der Waals surface area contributed by atoms with E-state index in [1.807, 2.05) is 0 Å². The molecule has 0 aliphatic carbocycles. The summed E-state index contributed by atoms with van der Waals surface area (Å²) >= 11 is 1.26. The molecule has 6 nitrogen and oxygen atoms in total. The number of rotatable bonds is 3. The third-order valence-electron chi connectivity index (χ3n) is 2.28. The zero-order valence-electron chi connectivity index (χ0n) is 8.58. The Morgan fingerprint density at radius 1 is 1.62 bits per heavy atom. The number of thiazole rings is 1. The fraction of sp³-hybridized carbons (Fsp3) is 0.500. The van der Waals surface area contributed by atoms with Crippen LogP contribution in [0.4, 0.5) is 0 Å². The number of carbonyl (C=O) groups is 1. The van der Waals surface area contributed by atoms with Crippen LogP contribution in [0.15, 0.2) is 11.6 Å². The highest BCUT2D eigenvalue weighted by atomic mass is 32.2. The van der Waals surface area contributed by atoms with Crippen molar-refractivity contribution in [2.24, 2.45) is 0 Å². The van der Waals surface area contributed by atoms with Crippen LogP contribution in [-0.4, -0.2) is 49.0 Å². The van der Waals surface area contributed by atoms with Gasteiger partial charge in [-0.2, -0.15) is 4.31 Å². The molecule has 1 saturated heterocycles. The van der Waals surface area contributed by atoms with Crippen molar-refractivity contribution in [1.82, 2.24) is 14.6 Å². The SMILES string of the molecule is CS(=O)(=O)N1CC(NC(=O)c2nccs2)C1. The second-order valence-electron chi connectivity index (χ2n) is 3.59. The summed E-state index contributed by atoms with van der Waals surface area (Å²) in [6.45, 7) is 0.686. The standard InChI is InChI=1S/C8H11N3O3S2/c1-16(13,14)11-4-6(5-11)10-7(12)8-9-2-3-15-8/h2-3,6H,4-5H2,1H3,(H,10,12). The van der Waals surface area contributed by atoms with Crippen molar-refractivity contribution in [1.29, 1.82) is 0 Å². The fourth-order valence-corrected chi connectivity index (χ4v) is 2.82. The Morgan fingerprint density at radius 2 is 2.31 bits per heavy atom. The van der Waals surface area contributed by atoms with E-state index in [0.717, 1.165) is 6.26 Å². The lowest BCUT2D eigenvalue weighted by Gasteiger charge is -2.37. The third-order valence-corrected chi connectivity index (χ3v) is 4.29. The largest absolute Gasteiger partial charge is 0.345 e. The van der Waals surface area contributed by atoms with Crippen LogP contribution in [0.5, 0.6) is 0 Å². The quantitative estimate of drug-likeness (QED) is 0.797. The van der Waals surface area contributed by atoms with E-state index in [9.17, 15) is 13.2 Å². The topological polar surface area (TPSA) is 79.4 Å². The van der Waals surface area contributed by atoms with Gasteiger partial charge < -0.3 is 5.32 Å². The number of hydrogen-bond acceptors (Lipinski definition) is 5. The van der Waals surface area contributed by atoms with Crippen LogP contribution < -0.4 is 5.32 Å². The van der Waals surface area contributed by atoms with Crippen LogP contribution in [0.2, 0.25) is 0 Å². The Morgan fingerprint density at radius 3 is 2.81 bits per heavy atom. The Kier molecular flexibility index (Phi) is 2.96. The van der Waals surface area contributed by atoms with Gasteiger partial charge in [-0.05, 0) is 0 Å². The molecule has 1 aliphatic heterocycles. The Labute approximate surface area is 97.3 Å². The van der Waals surface area contributed by atoms with Gasteiger partial charge in [-0.15, -0.1) is 11.3 Å². The van der Waals surface area contributed by atoms with Crippen molar-refractivity contribution in [3.05, 3.63) is 16.6 Å². The second kappa shape index (κ2) is 4.11. The van der Waals surface area contributed by atoms with Crippen LogP contribution in [-0.2, 0) is 10.0 Å². The molecule has 0 saturated carbocycles. The summed E-state index contributed by atoms with van der Waals surface area (Å²) in [7, 11) is -3.12.